The van der Waals surface area contributed by atoms with Gasteiger partial charge in [-0.2, -0.15) is 0 Å². The maximum absolute atomic E-state index is 11.2. The van der Waals surface area contributed by atoms with Gasteiger partial charge in [0.15, 0.2) is 5.75 Å². The summed E-state index contributed by atoms with van der Waals surface area (Å²) in [5, 5.41) is 14.0. The lowest BCUT2D eigenvalue weighted by atomic mass is 10.1. The molecular formula is C18H16N2O4S. The van der Waals surface area contributed by atoms with E-state index in [4.69, 9.17) is 9.47 Å². The van der Waals surface area contributed by atoms with Crippen molar-refractivity contribution in [2.75, 3.05) is 14.2 Å². The van der Waals surface area contributed by atoms with Gasteiger partial charge in [-0.15, -0.1) is 11.3 Å². The monoisotopic (exact) mass is 356 g/mol. The Labute approximate surface area is 148 Å². The van der Waals surface area contributed by atoms with Crippen LogP contribution in [0.4, 0.5) is 5.69 Å². The number of nitro benzene ring substituents is 1. The number of methoxy groups -OCH3 is 2. The molecular weight excluding hydrogens is 340 g/mol. The standard InChI is InChI=1S/C18H16N2O4S/c1-23-14-6-3-12(4-7-14)9-18-19-15(11-25-18)13-5-8-17(24-2)16(10-13)20(21)22/h3-8,10-11H,9H2,1-2H3. The van der Waals surface area contributed by atoms with Gasteiger partial charge in [-0.25, -0.2) is 4.98 Å². The smallest absolute Gasteiger partial charge is 0.311 e. The molecule has 2 aromatic carbocycles. The molecule has 0 fully saturated rings. The largest absolute Gasteiger partial charge is 0.497 e. The quantitative estimate of drug-likeness (QED) is 0.485. The summed E-state index contributed by atoms with van der Waals surface area (Å²) in [5.41, 5.74) is 2.48. The summed E-state index contributed by atoms with van der Waals surface area (Å²) < 4.78 is 10.2. The van der Waals surface area contributed by atoms with Crippen molar-refractivity contribution in [1.82, 2.24) is 4.98 Å². The minimum atomic E-state index is -0.451. The second-order valence-corrected chi connectivity index (χ2v) is 6.24. The van der Waals surface area contributed by atoms with Gasteiger partial charge in [0.1, 0.15) is 5.75 Å². The summed E-state index contributed by atoms with van der Waals surface area (Å²) >= 11 is 1.53. The van der Waals surface area contributed by atoms with E-state index in [2.05, 4.69) is 4.98 Å². The Morgan fingerprint density at radius 1 is 1.12 bits per heavy atom. The summed E-state index contributed by atoms with van der Waals surface area (Å²) in [7, 11) is 3.05. The highest BCUT2D eigenvalue weighted by atomic mass is 32.1. The van der Waals surface area contributed by atoms with Crippen molar-refractivity contribution < 1.29 is 14.4 Å². The van der Waals surface area contributed by atoms with E-state index in [-0.39, 0.29) is 11.4 Å². The lowest BCUT2D eigenvalue weighted by Crippen LogP contribution is -1.94. The van der Waals surface area contributed by atoms with Crippen LogP contribution in [0.15, 0.2) is 47.8 Å². The van der Waals surface area contributed by atoms with E-state index in [0.29, 0.717) is 12.0 Å². The number of thiazole rings is 1. The molecule has 1 aromatic heterocycles. The molecule has 0 N–H and O–H groups in total. The molecule has 0 saturated heterocycles. The van der Waals surface area contributed by atoms with Crippen LogP contribution >= 0.6 is 11.3 Å². The van der Waals surface area contributed by atoms with Crippen molar-refractivity contribution in [3.63, 3.8) is 0 Å². The molecule has 25 heavy (non-hydrogen) atoms. The zero-order valence-corrected chi connectivity index (χ0v) is 14.6. The van der Waals surface area contributed by atoms with Crippen molar-refractivity contribution >= 4 is 17.0 Å². The third-order valence-electron chi connectivity index (χ3n) is 3.74. The van der Waals surface area contributed by atoms with Crippen molar-refractivity contribution in [2.24, 2.45) is 0 Å². The van der Waals surface area contributed by atoms with Gasteiger partial charge in [0.25, 0.3) is 0 Å². The van der Waals surface area contributed by atoms with E-state index in [1.807, 2.05) is 29.6 Å². The van der Waals surface area contributed by atoms with Crippen molar-refractivity contribution in [3.05, 3.63) is 68.5 Å². The zero-order chi connectivity index (χ0) is 17.8. The van der Waals surface area contributed by atoms with Gasteiger partial charge < -0.3 is 9.47 Å². The number of hydrogen-bond donors (Lipinski definition) is 0. The zero-order valence-electron chi connectivity index (χ0n) is 13.8. The Morgan fingerprint density at radius 3 is 2.52 bits per heavy atom. The minimum absolute atomic E-state index is 0.0651. The Hall–Kier alpha value is -2.93. The van der Waals surface area contributed by atoms with Gasteiger partial charge in [-0.05, 0) is 29.8 Å². The maximum Gasteiger partial charge on any atom is 0.311 e. The average molecular weight is 356 g/mol. The number of aromatic nitrogens is 1. The maximum atomic E-state index is 11.2. The fourth-order valence-corrected chi connectivity index (χ4v) is 3.27. The van der Waals surface area contributed by atoms with Gasteiger partial charge in [-0.1, -0.05) is 12.1 Å². The van der Waals surface area contributed by atoms with Crippen molar-refractivity contribution in [3.8, 4) is 22.8 Å². The Morgan fingerprint density at radius 2 is 1.88 bits per heavy atom. The van der Waals surface area contributed by atoms with Gasteiger partial charge in [-0.3, -0.25) is 10.1 Å². The first-order chi connectivity index (χ1) is 12.1. The molecule has 3 aromatic rings. The third kappa shape index (κ3) is 3.77. The van der Waals surface area contributed by atoms with Crippen LogP contribution in [0.2, 0.25) is 0 Å². The number of benzene rings is 2. The molecule has 0 aliphatic heterocycles. The fraction of sp³-hybridized carbons (Fsp3) is 0.167. The molecule has 0 saturated carbocycles. The van der Waals surface area contributed by atoms with Crippen LogP contribution in [0.1, 0.15) is 10.6 Å². The van der Waals surface area contributed by atoms with Crippen LogP contribution in [0.5, 0.6) is 11.5 Å². The number of rotatable bonds is 6. The highest BCUT2D eigenvalue weighted by Crippen LogP contribution is 2.32. The van der Waals surface area contributed by atoms with Crippen LogP contribution in [-0.4, -0.2) is 24.1 Å². The summed E-state index contributed by atoms with van der Waals surface area (Å²) in [6, 6.07) is 12.7. The van der Waals surface area contributed by atoms with Crippen LogP contribution < -0.4 is 9.47 Å². The molecule has 0 bridgehead atoms. The van der Waals surface area contributed by atoms with E-state index in [1.165, 1.54) is 24.5 Å². The first-order valence-corrected chi connectivity index (χ1v) is 8.39. The van der Waals surface area contributed by atoms with Crippen LogP contribution in [-0.2, 0) is 6.42 Å². The van der Waals surface area contributed by atoms with E-state index in [0.717, 1.165) is 22.0 Å². The highest BCUT2D eigenvalue weighted by molar-refractivity contribution is 7.10. The van der Waals surface area contributed by atoms with E-state index < -0.39 is 4.92 Å². The topological polar surface area (TPSA) is 74.5 Å². The van der Waals surface area contributed by atoms with E-state index in [1.54, 1.807) is 19.2 Å². The predicted molar refractivity (Wildman–Crippen MR) is 96.6 cm³/mol. The Balaban J connectivity index is 1.83. The summed E-state index contributed by atoms with van der Waals surface area (Å²) in [4.78, 5) is 15.3. The number of nitro groups is 1. The van der Waals surface area contributed by atoms with Crippen molar-refractivity contribution in [2.45, 2.75) is 6.42 Å². The SMILES string of the molecule is COc1ccc(Cc2nc(-c3ccc(OC)c([N+](=O)[O-])c3)cs2)cc1. The number of hydrogen-bond acceptors (Lipinski definition) is 6. The molecule has 0 radical (unpaired) electrons. The fourth-order valence-electron chi connectivity index (χ4n) is 2.43. The molecule has 0 spiro atoms. The average Bonchev–Trinajstić information content (AvgIpc) is 3.10. The third-order valence-corrected chi connectivity index (χ3v) is 4.59. The van der Waals surface area contributed by atoms with Gasteiger partial charge in [0, 0.05) is 23.4 Å². The lowest BCUT2D eigenvalue weighted by molar-refractivity contribution is -0.385. The molecule has 0 aliphatic carbocycles. The van der Waals surface area contributed by atoms with E-state index >= 15 is 0 Å². The number of ether oxygens (including phenoxy) is 2. The highest BCUT2D eigenvalue weighted by Gasteiger charge is 2.17. The van der Waals surface area contributed by atoms with E-state index in [9.17, 15) is 10.1 Å². The predicted octanol–water partition coefficient (Wildman–Crippen LogP) is 4.33. The lowest BCUT2D eigenvalue weighted by Gasteiger charge is -2.03. The first-order valence-electron chi connectivity index (χ1n) is 7.51. The van der Waals surface area contributed by atoms with Crippen LogP contribution in [0.25, 0.3) is 11.3 Å². The molecule has 1 heterocycles. The molecule has 0 aliphatic rings. The molecule has 0 atom stereocenters. The summed E-state index contributed by atoms with van der Waals surface area (Å²) in [6.07, 6.45) is 0.701. The second-order valence-electron chi connectivity index (χ2n) is 5.30. The summed E-state index contributed by atoms with van der Waals surface area (Å²) in [5.74, 6) is 1.05. The first kappa shape index (κ1) is 16.9. The minimum Gasteiger partial charge on any atom is -0.497 e. The van der Waals surface area contributed by atoms with Crippen molar-refractivity contribution in [1.29, 1.82) is 0 Å². The molecule has 128 valence electrons. The molecule has 3 rings (SSSR count). The Bertz CT molecular complexity index is 890. The molecule has 6 nitrogen and oxygen atoms in total. The molecule has 0 amide bonds. The van der Waals surface area contributed by atoms with Crippen LogP contribution in [0.3, 0.4) is 0 Å². The van der Waals surface area contributed by atoms with Gasteiger partial charge >= 0.3 is 5.69 Å². The Kier molecular flexibility index (Phi) is 4.95. The second kappa shape index (κ2) is 7.31. The van der Waals surface area contributed by atoms with Gasteiger partial charge in [0.2, 0.25) is 0 Å². The molecule has 7 heteroatoms. The molecule has 0 unspecified atom stereocenters. The summed E-state index contributed by atoms with van der Waals surface area (Å²) in [6.45, 7) is 0. The normalized spacial score (nSPS) is 10.5. The van der Waals surface area contributed by atoms with Gasteiger partial charge in [0.05, 0.1) is 29.8 Å². The van der Waals surface area contributed by atoms with Crippen LogP contribution in [0, 0.1) is 10.1 Å². The number of nitrogens with zero attached hydrogens (tertiary/aromatic N) is 2.